The van der Waals surface area contributed by atoms with Gasteiger partial charge in [-0.2, -0.15) is 0 Å². The molecule has 14 heavy (non-hydrogen) atoms. The van der Waals surface area contributed by atoms with Crippen LogP contribution in [0.5, 0.6) is 0 Å². The van der Waals surface area contributed by atoms with Gasteiger partial charge in [0.25, 0.3) is 0 Å². The quantitative estimate of drug-likeness (QED) is 0.618. The highest BCUT2D eigenvalue weighted by atomic mass is 16.5. The van der Waals surface area contributed by atoms with Crippen LogP contribution in [-0.2, 0) is 4.74 Å². The van der Waals surface area contributed by atoms with E-state index in [9.17, 15) is 5.11 Å². The van der Waals surface area contributed by atoms with E-state index in [1.165, 1.54) is 0 Å². The lowest BCUT2D eigenvalue weighted by Gasteiger charge is -2.35. The third kappa shape index (κ3) is 4.91. The first-order valence-electron chi connectivity index (χ1n) is 5.02. The molecule has 0 fully saturated rings. The van der Waals surface area contributed by atoms with E-state index >= 15 is 0 Å². The zero-order valence-corrected chi connectivity index (χ0v) is 9.66. The lowest BCUT2D eigenvalue weighted by atomic mass is 10.0. The summed E-state index contributed by atoms with van der Waals surface area (Å²) in [5.41, 5.74) is -0.298. The van der Waals surface area contributed by atoms with Crippen molar-refractivity contribution in [3.8, 4) is 0 Å². The number of hydrogen-bond donors (Lipinski definition) is 2. The van der Waals surface area contributed by atoms with E-state index in [2.05, 4.69) is 0 Å². The molecule has 1 atom stereocenters. The van der Waals surface area contributed by atoms with Crippen LogP contribution in [-0.4, -0.2) is 60.2 Å². The van der Waals surface area contributed by atoms with Crippen LogP contribution < -0.4 is 0 Å². The molecule has 4 nitrogen and oxygen atoms in total. The fourth-order valence-electron chi connectivity index (χ4n) is 0.991. The molecule has 0 aliphatic rings. The Morgan fingerprint density at radius 3 is 2.43 bits per heavy atom. The van der Waals surface area contributed by atoms with Gasteiger partial charge in [0.15, 0.2) is 0 Å². The Kier molecular flexibility index (Phi) is 6.27. The van der Waals surface area contributed by atoms with Crippen LogP contribution in [0.4, 0.5) is 0 Å². The van der Waals surface area contributed by atoms with Crippen molar-refractivity contribution in [2.75, 3.05) is 33.4 Å². The molecular weight excluding hydrogens is 182 g/mol. The van der Waals surface area contributed by atoms with Gasteiger partial charge in [-0.1, -0.05) is 0 Å². The predicted octanol–water partition coefficient (Wildman–Crippen LogP) is 0.0865. The Bertz CT molecular complexity index is 150. The molecule has 1 unspecified atom stereocenters. The van der Waals surface area contributed by atoms with Crippen molar-refractivity contribution < 1.29 is 14.9 Å². The summed E-state index contributed by atoms with van der Waals surface area (Å²) in [4.78, 5) is 1.93. The molecule has 0 amide bonds. The van der Waals surface area contributed by atoms with Crippen molar-refractivity contribution in [3.63, 3.8) is 0 Å². The van der Waals surface area contributed by atoms with E-state index in [-0.39, 0.29) is 12.1 Å². The molecule has 0 spiro atoms. The molecule has 0 aromatic heterocycles. The van der Waals surface area contributed by atoms with Crippen molar-refractivity contribution in [1.29, 1.82) is 0 Å². The second-order valence-electron chi connectivity index (χ2n) is 4.16. The Balaban J connectivity index is 3.86. The fraction of sp³-hybridized carbons (Fsp3) is 1.00. The van der Waals surface area contributed by atoms with Gasteiger partial charge in [0.2, 0.25) is 0 Å². The van der Waals surface area contributed by atoms with Gasteiger partial charge in [0.05, 0.1) is 19.3 Å². The van der Waals surface area contributed by atoms with Gasteiger partial charge in [0.1, 0.15) is 0 Å². The zero-order chi connectivity index (χ0) is 11.2. The average molecular weight is 205 g/mol. The molecule has 0 saturated carbocycles. The molecule has 0 aliphatic heterocycles. The van der Waals surface area contributed by atoms with E-state index in [1.807, 2.05) is 32.7 Å². The van der Waals surface area contributed by atoms with E-state index in [0.29, 0.717) is 19.8 Å². The fourth-order valence-corrected chi connectivity index (χ4v) is 0.991. The number of ether oxygens (including phenoxy) is 1. The molecule has 0 aliphatic carbocycles. The van der Waals surface area contributed by atoms with Crippen LogP contribution in [0.1, 0.15) is 20.8 Å². The SMILES string of the molecule is CCOCC(O)CN(C)C(C)(C)CO. The van der Waals surface area contributed by atoms with Gasteiger partial charge in [-0.3, -0.25) is 4.90 Å². The Labute approximate surface area is 86.5 Å². The van der Waals surface area contributed by atoms with E-state index in [4.69, 9.17) is 9.84 Å². The molecule has 0 bridgehead atoms. The standard InChI is InChI=1S/C10H23NO3/c1-5-14-7-9(13)6-11(4)10(2,3)8-12/h9,12-13H,5-8H2,1-4H3. The summed E-state index contributed by atoms with van der Waals surface area (Å²) in [6.07, 6.45) is -0.495. The van der Waals surface area contributed by atoms with E-state index in [0.717, 1.165) is 0 Å². The first kappa shape index (κ1) is 13.8. The first-order chi connectivity index (χ1) is 6.44. The Hall–Kier alpha value is -0.160. The maximum absolute atomic E-state index is 9.56. The van der Waals surface area contributed by atoms with Crippen LogP contribution in [0.3, 0.4) is 0 Å². The molecule has 0 rings (SSSR count). The van der Waals surface area contributed by atoms with Gasteiger partial charge in [-0.25, -0.2) is 0 Å². The Morgan fingerprint density at radius 2 is 2.00 bits per heavy atom. The van der Waals surface area contributed by atoms with Crippen molar-refractivity contribution >= 4 is 0 Å². The van der Waals surface area contributed by atoms with E-state index in [1.54, 1.807) is 0 Å². The van der Waals surface area contributed by atoms with Gasteiger partial charge in [0, 0.05) is 18.7 Å². The lowest BCUT2D eigenvalue weighted by Crippen LogP contribution is -2.48. The molecule has 2 N–H and O–H groups in total. The molecule has 0 heterocycles. The molecule has 0 aromatic rings. The van der Waals surface area contributed by atoms with Gasteiger partial charge < -0.3 is 14.9 Å². The molecule has 4 heteroatoms. The van der Waals surface area contributed by atoms with Crippen LogP contribution in [0.2, 0.25) is 0 Å². The first-order valence-corrected chi connectivity index (χ1v) is 5.02. The maximum Gasteiger partial charge on any atom is 0.0900 e. The highest BCUT2D eigenvalue weighted by molar-refractivity contribution is 4.79. The topological polar surface area (TPSA) is 52.9 Å². The molecular formula is C10H23NO3. The summed E-state index contributed by atoms with van der Waals surface area (Å²) < 4.78 is 5.10. The minimum atomic E-state index is -0.495. The normalized spacial score (nSPS) is 14.8. The van der Waals surface area contributed by atoms with Crippen LogP contribution in [0.15, 0.2) is 0 Å². The number of β-amino-alcohol motifs (C(OH)–C–C–N with tert-alkyl or cyclic N) is 1. The summed E-state index contributed by atoms with van der Waals surface area (Å²) >= 11 is 0. The monoisotopic (exact) mass is 205 g/mol. The van der Waals surface area contributed by atoms with Gasteiger partial charge in [-0.05, 0) is 27.8 Å². The van der Waals surface area contributed by atoms with Crippen molar-refractivity contribution in [3.05, 3.63) is 0 Å². The number of aliphatic hydroxyl groups excluding tert-OH is 2. The Morgan fingerprint density at radius 1 is 1.43 bits per heavy atom. The summed E-state index contributed by atoms with van der Waals surface area (Å²) in [7, 11) is 1.88. The number of likely N-dealkylation sites (N-methyl/N-ethyl adjacent to an activating group) is 1. The summed E-state index contributed by atoms with van der Waals surface area (Å²) in [6, 6.07) is 0. The second kappa shape index (κ2) is 6.35. The molecule has 0 aromatic carbocycles. The van der Waals surface area contributed by atoms with Gasteiger partial charge in [-0.15, -0.1) is 0 Å². The summed E-state index contributed by atoms with van der Waals surface area (Å²) in [6.45, 7) is 7.31. The zero-order valence-electron chi connectivity index (χ0n) is 9.66. The molecule has 86 valence electrons. The van der Waals surface area contributed by atoms with Crippen LogP contribution in [0, 0.1) is 0 Å². The molecule has 0 saturated heterocycles. The second-order valence-corrected chi connectivity index (χ2v) is 4.16. The van der Waals surface area contributed by atoms with Crippen molar-refractivity contribution in [1.82, 2.24) is 4.90 Å². The van der Waals surface area contributed by atoms with Gasteiger partial charge >= 0.3 is 0 Å². The smallest absolute Gasteiger partial charge is 0.0900 e. The summed E-state index contributed by atoms with van der Waals surface area (Å²) in [5.74, 6) is 0. The van der Waals surface area contributed by atoms with Crippen LogP contribution >= 0.6 is 0 Å². The lowest BCUT2D eigenvalue weighted by molar-refractivity contribution is -0.00516. The largest absolute Gasteiger partial charge is 0.394 e. The number of aliphatic hydroxyl groups is 2. The number of rotatable bonds is 7. The number of nitrogens with zero attached hydrogens (tertiary/aromatic N) is 1. The van der Waals surface area contributed by atoms with Crippen molar-refractivity contribution in [2.24, 2.45) is 0 Å². The third-order valence-corrected chi connectivity index (χ3v) is 2.42. The average Bonchev–Trinajstić information content (AvgIpc) is 2.14. The summed E-state index contributed by atoms with van der Waals surface area (Å²) in [5, 5.41) is 18.7. The van der Waals surface area contributed by atoms with Crippen LogP contribution in [0.25, 0.3) is 0 Å². The minimum absolute atomic E-state index is 0.0743. The minimum Gasteiger partial charge on any atom is -0.394 e. The maximum atomic E-state index is 9.56. The third-order valence-electron chi connectivity index (χ3n) is 2.42. The van der Waals surface area contributed by atoms with Crippen molar-refractivity contribution in [2.45, 2.75) is 32.4 Å². The predicted molar refractivity (Wildman–Crippen MR) is 56.3 cm³/mol. The number of hydrogen-bond acceptors (Lipinski definition) is 4. The molecule has 0 radical (unpaired) electrons. The highest BCUT2D eigenvalue weighted by Crippen LogP contribution is 2.11. The van der Waals surface area contributed by atoms with E-state index < -0.39 is 6.10 Å². The highest BCUT2D eigenvalue weighted by Gasteiger charge is 2.24.